The lowest BCUT2D eigenvalue weighted by Crippen LogP contribution is -2.43. The van der Waals surface area contributed by atoms with Crippen LogP contribution in [-0.2, 0) is 13.6 Å². The zero-order valence-corrected chi connectivity index (χ0v) is 9.79. The standard InChI is InChI=1S/C12H21N3/c1-12(6-4-3-5-7-12)13-8-11-9-14-15(2)10-11/h9-10,13H,3-8H2,1-2H3. The van der Waals surface area contributed by atoms with Crippen molar-refractivity contribution in [3.8, 4) is 0 Å². The van der Waals surface area contributed by atoms with E-state index >= 15 is 0 Å². The lowest BCUT2D eigenvalue weighted by molar-refractivity contribution is 0.252. The van der Waals surface area contributed by atoms with Gasteiger partial charge in [-0.25, -0.2) is 0 Å². The number of rotatable bonds is 3. The topological polar surface area (TPSA) is 29.9 Å². The van der Waals surface area contributed by atoms with Crippen LogP contribution in [0.4, 0.5) is 0 Å². The number of hydrogen-bond donors (Lipinski definition) is 1. The fourth-order valence-corrected chi connectivity index (χ4v) is 2.39. The van der Waals surface area contributed by atoms with E-state index in [9.17, 15) is 0 Å². The smallest absolute Gasteiger partial charge is 0.0534 e. The fourth-order valence-electron chi connectivity index (χ4n) is 2.39. The van der Waals surface area contributed by atoms with Gasteiger partial charge < -0.3 is 5.32 Å². The molecule has 84 valence electrons. The molecule has 3 heteroatoms. The summed E-state index contributed by atoms with van der Waals surface area (Å²) in [6.45, 7) is 3.30. The Bertz CT molecular complexity index is 310. The molecule has 1 saturated carbocycles. The van der Waals surface area contributed by atoms with Gasteiger partial charge in [-0.3, -0.25) is 4.68 Å². The number of nitrogens with one attached hydrogen (secondary N) is 1. The van der Waals surface area contributed by atoms with Crippen LogP contribution in [0.15, 0.2) is 12.4 Å². The van der Waals surface area contributed by atoms with Crippen LogP contribution in [0.1, 0.15) is 44.6 Å². The van der Waals surface area contributed by atoms with Crippen LogP contribution in [-0.4, -0.2) is 15.3 Å². The third kappa shape index (κ3) is 2.81. The molecule has 2 rings (SSSR count). The normalized spacial score (nSPS) is 20.4. The first-order valence-corrected chi connectivity index (χ1v) is 5.91. The molecule has 1 fully saturated rings. The molecule has 0 radical (unpaired) electrons. The van der Waals surface area contributed by atoms with Crippen molar-refractivity contribution in [3.05, 3.63) is 18.0 Å². The summed E-state index contributed by atoms with van der Waals surface area (Å²) in [4.78, 5) is 0. The molecule has 3 nitrogen and oxygen atoms in total. The van der Waals surface area contributed by atoms with E-state index in [1.54, 1.807) is 0 Å². The second-order valence-electron chi connectivity index (χ2n) is 5.00. The van der Waals surface area contributed by atoms with Crippen molar-refractivity contribution < 1.29 is 0 Å². The first-order chi connectivity index (χ1) is 7.18. The van der Waals surface area contributed by atoms with Crippen molar-refractivity contribution in [2.24, 2.45) is 7.05 Å². The number of aromatic nitrogens is 2. The Labute approximate surface area is 91.9 Å². The number of aryl methyl sites for hydroxylation is 1. The van der Waals surface area contributed by atoms with E-state index in [0.717, 1.165) is 6.54 Å². The minimum atomic E-state index is 0.355. The predicted octanol–water partition coefficient (Wildman–Crippen LogP) is 2.23. The van der Waals surface area contributed by atoms with Crippen LogP contribution < -0.4 is 5.32 Å². The first kappa shape index (κ1) is 10.7. The van der Waals surface area contributed by atoms with Crippen molar-refractivity contribution in [2.45, 2.75) is 51.1 Å². The molecule has 0 aliphatic heterocycles. The first-order valence-electron chi connectivity index (χ1n) is 5.91. The minimum absolute atomic E-state index is 0.355. The van der Waals surface area contributed by atoms with E-state index in [1.165, 1.54) is 37.7 Å². The highest BCUT2D eigenvalue weighted by atomic mass is 15.2. The van der Waals surface area contributed by atoms with Crippen LogP contribution in [0.3, 0.4) is 0 Å². The Morgan fingerprint density at radius 1 is 1.40 bits per heavy atom. The van der Waals surface area contributed by atoms with Crippen LogP contribution >= 0.6 is 0 Å². The van der Waals surface area contributed by atoms with E-state index in [0.29, 0.717) is 5.54 Å². The molecule has 1 heterocycles. The Morgan fingerprint density at radius 2 is 2.13 bits per heavy atom. The minimum Gasteiger partial charge on any atom is -0.307 e. The molecule has 0 bridgehead atoms. The highest BCUT2D eigenvalue weighted by molar-refractivity contribution is 5.04. The molecule has 1 aliphatic rings. The van der Waals surface area contributed by atoms with E-state index in [-0.39, 0.29) is 0 Å². The predicted molar refractivity (Wildman–Crippen MR) is 61.5 cm³/mol. The molecule has 15 heavy (non-hydrogen) atoms. The lowest BCUT2D eigenvalue weighted by atomic mass is 9.83. The number of nitrogens with zero attached hydrogens (tertiary/aromatic N) is 2. The molecule has 0 unspecified atom stereocenters. The van der Waals surface area contributed by atoms with Gasteiger partial charge in [0.05, 0.1) is 6.20 Å². The summed E-state index contributed by atoms with van der Waals surface area (Å²) < 4.78 is 1.86. The summed E-state index contributed by atoms with van der Waals surface area (Å²) in [6, 6.07) is 0. The van der Waals surface area contributed by atoms with Crippen LogP contribution in [0.2, 0.25) is 0 Å². The molecule has 0 amide bonds. The summed E-state index contributed by atoms with van der Waals surface area (Å²) in [6.07, 6.45) is 10.8. The summed E-state index contributed by atoms with van der Waals surface area (Å²) in [5, 5.41) is 7.85. The molecule has 0 aromatic carbocycles. The third-order valence-electron chi connectivity index (χ3n) is 3.43. The maximum Gasteiger partial charge on any atom is 0.0534 e. The van der Waals surface area contributed by atoms with Gasteiger partial charge in [0.15, 0.2) is 0 Å². The Morgan fingerprint density at radius 3 is 2.73 bits per heavy atom. The van der Waals surface area contributed by atoms with Crippen molar-refractivity contribution in [1.82, 2.24) is 15.1 Å². The van der Waals surface area contributed by atoms with Gasteiger partial charge in [-0.2, -0.15) is 5.10 Å². The van der Waals surface area contributed by atoms with Gasteiger partial charge in [-0.1, -0.05) is 19.3 Å². The second kappa shape index (κ2) is 4.35. The zero-order chi connectivity index (χ0) is 10.7. The van der Waals surface area contributed by atoms with Crippen LogP contribution in [0.25, 0.3) is 0 Å². The van der Waals surface area contributed by atoms with Gasteiger partial charge in [0.2, 0.25) is 0 Å². The average molecular weight is 207 g/mol. The lowest BCUT2D eigenvalue weighted by Gasteiger charge is -2.34. The number of hydrogen-bond acceptors (Lipinski definition) is 2. The van der Waals surface area contributed by atoms with Gasteiger partial charge in [0.1, 0.15) is 0 Å². The maximum atomic E-state index is 4.18. The SMILES string of the molecule is Cn1cc(CNC2(C)CCCCC2)cn1. The second-order valence-corrected chi connectivity index (χ2v) is 5.00. The zero-order valence-electron chi connectivity index (χ0n) is 9.79. The summed E-state index contributed by atoms with van der Waals surface area (Å²) in [5.41, 5.74) is 1.64. The molecule has 1 aromatic rings. The molecule has 0 atom stereocenters. The molecule has 1 N–H and O–H groups in total. The Hall–Kier alpha value is -0.830. The van der Waals surface area contributed by atoms with E-state index in [1.807, 2.05) is 17.9 Å². The van der Waals surface area contributed by atoms with E-state index in [4.69, 9.17) is 0 Å². The van der Waals surface area contributed by atoms with Gasteiger partial charge in [0.25, 0.3) is 0 Å². The van der Waals surface area contributed by atoms with E-state index in [2.05, 4.69) is 23.5 Å². The van der Waals surface area contributed by atoms with Gasteiger partial charge >= 0.3 is 0 Å². The highest BCUT2D eigenvalue weighted by Crippen LogP contribution is 2.27. The Balaban J connectivity index is 1.86. The van der Waals surface area contributed by atoms with Gasteiger partial charge in [-0.15, -0.1) is 0 Å². The van der Waals surface area contributed by atoms with Crippen LogP contribution in [0, 0.1) is 0 Å². The molecule has 1 aromatic heterocycles. The highest BCUT2D eigenvalue weighted by Gasteiger charge is 2.25. The molecule has 1 aliphatic carbocycles. The van der Waals surface area contributed by atoms with Crippen molar-refractivity contribution in [2.75, 3.05) is 0 Å². The Kier molecular flexibility index (Phi) is 3.10. The third-order valence-corrected chi connectivity index (χ3v) is 3.43. The van der Waals surface area contributed by atoms with Crippen molar-refractivity contribution >= 4 is 0 Å². The quantitative estimate of drug-likeness (QED) is 0.823. The van der Waals surface area contributed by atoms with Gasteiger partial charge in [0, 0.05) is 30.9 Å². The molecule has 0 spiro atoms. The van der Waals surface area contributed by atoms with Crippen LogP contribution in [0.5, 0.6) is 0 Å². The molecular weight excluding hydrogens is 186 g/mol. The fraction of sp³-hybridized carbons (Fsp3) is 0.750. The van der Waals surface area contributed by atoms with Crippen molar-refractivity contribution in [1.29, 1.82) is 0 Å². The summed E-state index contributed by atoms with van der Waals surface area (Å²) in [5.74, 6) is 0. The monoisotopic (exact) mass is 207 g/mol. The molecule has 0 saturated heterocycles. The van der Waals surface area contributed by atoms with Gasteiger partial charge in [-0.05, 0) is 19.8 Å². The largest absolute Gasteiger partial charge is 0.307 e. The maximum absolute atomic E-state index is 4.18. The summed E-state index contributed by atoms with van der Waals surface area (Å²) >= 11 is 0. The summed E-state index contributed by atoms with van der Waals surface area (Å²) in [7, 11) is 1.96. The van der Waals surface area contributed by atoms with Crippen molar-refractivity contribution in [3.63, 3.8) is 0 Å². The molecular formula is C12H21N3. The van der Waals surface area contributed by atoms with E-state index < -0.39 is 0 Å². The average Bonchev–Trinajstić information content (AvgIpc) is 2.63.